The maximum absolute atomic E-state index is 11.3. The zero-order chi connectivity index (χ0) is 11.5. The van der Waals surface area contributed by atoms with Crippen molar-refractivity contribution in [3.8, 4) is 0 Å². The Balaban J connectivity index is 2.29. The summed E-state index contributed by atoms with van der Waals surface area (Å²) < 4.78 is 0. The number of amides is 1. The molecule has 0 N–H and O–H groups in total. The summed E-state index contributed by atoms with van der Waals surface area (Å²) in [6.07, 6.45) is 6.10. The van der Waals surface area contributed by atoms with E-state index in [1.165, 1.54) is 32.1 Å². The van der Waals surface area contributed by atoms with Crippen molar-refractivity contribution in [2.45, 2.75) is 65.8 Å². The molecule has 1 amide bonds. The van der Waals surface area contributed by atoms with E-state index in [4.69, 9.17) is 0 Å². The van der Waals surface area contributed by atoms with E-state index in [1.54, 1.807) is 6.92 Å². The number of likely N-dealkylation sites (tertiary alicyclic amines) is 1. The molecule has 1 saturated heterocycles. The molecule has 0 aromatic heterocycles. The topological polar surface area (TPSA) is 20.3 Å². The fourth-order valence-corrected chi connectivity index (χ4v) is 2.42. The smallest absolute Gasteiger partial charge is 0.219 e. The van der Waals surface area contributed by atoms with Gasteiger partial charge in [-0.3, -0.25) is 4.79 Å². The minimum absolute atomic E-state index is 0.258. The van der Waals surface area contributed by atoms with Crippen LogP contribution < -0.4 is 0 Å². The lowest BCUT2D eigenvalue weighted by molar-refractivity contribution is -0.129. The normalized spacial score (nSPS) is 22.1. The van der Waals surface area contributed by atoms with Crippen LogP contribution in [-0.4, -0.2) is 23.4 Å². The molecular formula is C13H25NO. The summed E-state index contributed by atoms with van der Waals surface area (Å²) in [7, 11) is 0. The van der Waals surface area contributed by atoms with Crippen LogP contribution in [0.25, 0.3) is 0 Å². The summed E-state index contributed by atoms with van der Waals surface area (Å²) in [5.74, 6) is 0.258. The van der Waals surface area contributed by atoms with Gasteiger partial charge in [-0.05, 0) is 31.1 Å². The fraction of sp³-hybridized carbons (Fsp3) is 0.923. The largest absolute Gasteiger partial charge is 0.340 e. The Labute approximate surface area is 94.0 Å². The summed E-state index contributed by atoms with van der Waals surface area (Å²) in [5.41, 5.74) is 0.430. The van der Waals surface area contributed by atoms with E-state index in [-0.39, 0.29) is 5.91 Å². The first-order chi connectivity index (χ1) is 6.90. The highest BCUT2D eigenvalue weighted by Gasteiger charge is 2.26. The second-order valence-corrected chi connectivity index (χ2v) is 5.96. The van der Waals surface area contributed by atoms with E-state index in [9.17, 15) is 4.79 Å². The van der Waals surface area contributed by atoms with Crippen molar-refractivity contribution in [2.24, 2.45) is 5.41 Å². The lowest BCUT2D eigenvalue weighted by atomic mass is 9.89. The van der Waals surface area contributed by atoms with Crippen LogP contribution >= 0.6 is 0 Å². The zero-order valence-electron chi connectivity index (χ0n) is 10.7. The molecule has 1 aliphatic heterocycles. The molecule has 88 valence electrons. The van der Waals surface area contributed by atoms with Gasteiger partial charge in [0, 0.05) is 19.5 Å². The molecule has 0 aromatic carbocycles. The van der Waals surface area contributed by atoms with Crippen LogP contribution in [0.5, 0.6) is 0 Å². The van der Waals surface area contributed by atoms with Gasteiger partial charge in [0.25, 0.3) is 0 Å². The van der Waals surface area contributed by atoms with Crippen molar-refractivity contribution >= 4 is 5.91 Å². The molecule has 2 heteroatoms. The van der Waals surface area contributed by atoms with Gasteiger partial charge in [0.05, 0.1) is 0 Å². The van der Waals surface area contributed by atoms with E-state index in [1.807, 2.05) is 0 Å². The first-order valence-electron chi connectivity index (χ1n) is 6.17. The maximum atomic E-state index is 11.3. The number of carbonyl (C=O) groups is 1. The third-order valence-electron chi connectivity index (χ3n) is 3.25. The van der Waals surface area contributed by atoms with E-state index in [0.29, 0.717) is 11.5 Å². The van der Waals surface area contributed by atoms with E-state index in [2.05, 4.69) is 25.7 Å². The van der Waals surface area contributed by atoms with Crippen LogP contribution in [-0.2, 0) is 4.79 Å². The van der Waals surface area contributed by atoms with Crippen molar-refractivity contribution in [3.05, 3.63) is 0 Å². The number of hydrogen-bond donors (Lipinski definition) is 0. The van der Waals surface area contributed by atoms with Crippen LogP contribution in [0.2, 0.25) is 0 Å². The van der Waals surface area contributed by atoms with Crippen molar-refractivity contribution in [1.82, 2.24) is 4.90 Å². The summed E-state index contributed by atoms with van der Waals surface area (Å²) in [4.78, 5) is 13.4. The Hall–Kier alpha value is -0.530. The first-order valence-corrected chi connectivity index (χ1v) is 6.17. The molecule has 15 heavy (non-hydrogen) atoms. The molecule has 1 atom stereocenters. The summed E-state index contributed by atoms with van der Waals surface area (Å²) in [6.45, 7) is 9.52. The van der Waals surface area contributed by atoms with Crippen LogP contribution in [0, 0.1) is 5.41 Å². The van der Waals surface area contributed by atoms with Gasteiger partial charge in [-0.15, -0.1) is 0 Å². The Morgan fingerprint density at radius 3 is 2.60 bits per heavy atom. The van der Waals surface area contributed by atoms with E-state index >= 15 is 0 Å². The highest BCUT2D eigenvalue weighted by Crippen LogP contribution is 2.26. The fourth-order valence-electron chi connectivity index (χ4n) is 2.42. The highest BCUT2D eigenvalue weighted by molar-refractivity contribution is 5.73. The molecule has 0 saturated carbocycles. The van der Waals surface area contributed by atoms with Crippen molar-refractivity contribution < 1.29 is 4.79 Å². The molecular weight excluding hydrogens is 186 g/mol. The lowest BCUT2D eigenvalue weighted by Crippen LogP contribution is -2.33. The molecule has 0 aromatic rings. The minimum Gasteiger partial charge on any atom is -0.340 e. The molecule has 1 rings (SSSR count). The third kappa shape index (κ3) is 4.23. The van der Waals surface area contributed by atoms with Gasteiger partial charge in [-0.1, -0.05) is 27.2 Å². The van der Waals surface area contributed by atoms with Gasteiger partial charge >= 0.3 is 0 Å². The van der Waals surface area contributed by atoms with Crippen molar-refractivity contribution in [1.29, 1.82) is 0 Å². The molecule has 0 radical (unpaired) electrons. The van der Waals surface area contributed by atoms with Crippen molar-refractivity contribution in [2.75, 3.05) is 6.54 Å². The predicted octanol–water partition coefficient (Wildman–Crippen LogP) is 3.21. The maximum Gasteiger partial charge on any atom is 0.219 e. The molecule has 1 aliphatic rings. The molecule has 0 unspecified atom stereocenters. The summed E-state index contributed by atoms with van der Waals surface area (Å²) >= 11 is 0. The Kier molecular flexibility index (Phi) is 4.18. The summed E-state index contributed by atoms with van der Waals surface area (Å²) in [5, 5.41) is 0. The Morgan fingerprint density at radius 2 is 2.07 bits per heavy atom. The number of hydrogen-bond acceptors (Lipinski definition) is 1. The number of rotatable bonds is 3. The SMILES string of the molecule is CC(=O)N1CCC[C@H]1CCCC(C)(C)C. The molecule has 0 aliphatic carbocycles. The first kappa shape index (κ1) is 12.5. The molecule has 1 heterocycles. The van der Waals surface area contributed by atoms with E-state index in [0.717, 1.165) is 6.54 Å². The van der Waals surface area contributed by atoms with Crippen LogP contribution in [0.15, 0.2) is 0 Å². The average Bonchev–Trinajstić information content (AvgIpc) is 2.49. The van der Waals surface area contributed by atoms with Crippen LogP contribution in [0.4, 0.5) is 0 Å². The molecule has 0 bridgehead atoms. The van der Waals surface area contributed by atoms with Gasteiger partial charge < -0.3 is 4.90 Å². The minimum atomic E-state index is 0.258. The van der Waals surface area contributed by atoms with Gasteiger partial charge in [0.15, 0.2) is 0 Å². The third-order valence-corrected chi connectivity index (χ3v) is 3.25. The predicted molar refractivity (Wildman–Crippen MR) is 63.7 cm³/mol. The van der Waals surface area contributed by atoms with E-state index < -0.39 is 0 Å². The standard InChI is InChI=1S/C13H25NO/c1-11(15)14-10-6-8-12(14)7-5-9-13(2,3)4/h12H,5-10H2,1-4H3/t12-/m1/s1. The van der Waals surface area contributed by atoms with Gasteiger partial charge in [-0.25, -0.2) is 0 Å². The monoisotopic (exact) mass is 211 g/mol. The molecule has 2 nitrogen and oxygen atoms in total. The van der Waals surface area contributed by atoms with Crippen LogP contribution in [0.3, 0.4) is 0 Å². The molecule has 0 spiro atoms. The van der Waals surface area contributed by atoms with Gasteiger partial charge in [-0.2, -0.15) is 0 Å². The van der Waals surface area contributed by atoms with Crippen LogP contribution in [0.1, 0.15) is 59.8 Å². The quantitative estimate of drug-likeness (QED) is 0.702. The highest BCUT2D eigenvalue weighted by atomic mass is 16.2. The Morgan fingerprint density at radius 1 is 1.40 bits per heavy atom. The lowest BCUT2D eigenvalue weighted by Gasteiger charge is -2.25. The molecule has 1 fully saturated rings. The van der Waals surface area contributed by atoms with Crippen molar-refractivity contribution in [3.63, 3.8) is 0 Å². The second kappa shape index (κ2) is 5.00. The number of carbonyl (C=O) groups excluding carboxylic acids is 1. The zero-order valence-corrected chi connectivity index (χ0v) is 10.7. The van der Waals surface area contributed by atoms with Gasteiger partial charge in [0.2, 0.25) is 5.91 Å². The van der Waals surface area contributed by atoms with Gasteiger partial charge in [0.1, 0.15) is 0 Å². The number of nitrogens with zero attached hydrogens (tertiary/aromatic N) is 1. The summed E-state index contributed by atoms with van der Waals surface area (Å²) in [6, 6.07) is 0.532. The second-order valence-electron chi connectivity index (χ2n) is 5.96. The average molecular weight is 211 g/mol. The Bertz CT molecular complexity index is 217.